The molecule has 0 saturated carbocycles. The van der Waals surface area contributed by atoms with Crippen molar-refractivity contribution < 1.29 is 9.53 Å². The van der Waals surface area contributed by atoms with Gasteiger partial charge in [0.15, 0.2) is 0 Å². The van der Waals surface area contributed by atoms with Crippen LogP contribution in [0.3, 0.4) is 0 Å². The zero-order valence-corrected chi connectivity index (χ0v) is 11.5. The number of carbonyl (C=O) groups excluding carboxylic acids is 1. The van der Waals surface area contributed by atoms with E-state index in [-0.39, 0.29) is 6.61 Å². The van der Waals surface area contributed by atoms with Gasteiger partial charge in [-0.25, -0.2) is 4.79 Å². The van der Waals surface area contributed by atoms with Gasteiger partial charge in [-0.05, 0) is 17.7 Å². The Kier molecular flexibility index (Phi) is 5.21. The van der Waals surface area contributed by atoms with E-state index in [4.69, 9.17) is 16.3 Å². The summed E-state index contributed by atoms with van der Waals surface area (Å²) in [6.07, 6.45) is 2.82. The van der Waals surface area contributed by atoms with Gasteiger partial charge in [-0.2, -0.15) is 0 Å². The fourth-order valence-electron chi connectivity index (χ4n) is 1.57. The second-order valence-corrected chi connectivity index (χ2v) is 4.46. The molecule has 0 bridgehead atoms. The van der Waals surface area contributed by atoms with Gasteiger partial charge in [0.2, 0.25) is 0 Å². The average molecular weight is 288 g/mol. The Morgan fingerprint density at radius 1 is 1.10 bits per heavy atom. The first-order chi connectivity index (χ1) is 9.75. The second-order valence-electron chi connectivity index (χ2n) is 4.06. The smallest absolute Gasteiger partial charge is 0.411 e. The fourth-order valence-corrected chi connectivity index (χ4v) is 1.76. The van der Waals surface area contributed by atoms with Crippen LogP contribution in [0.5, 0.6) is 0 Å². The van der Waals surface area contributed by atoms with Crippen LogP contribution in [0.25, 0.3) is 6.08 Å². The molecule has 20 heavy (non-hydrogen) atoms. The summed E-state index contributed by atoms with van der Waals surface area (Å²) in [5.74, 6) is 0. The van der Waals surface area contributed by atoms with Crippen LogP contribution < -0.4 is 5.32 Å². The molecule has 102 valence electrons. The maximum absolute atomic E-state index is 11.5. The summed E-state index contributed by atoms with van der Waals surface area (Å²) in [6, 6.07) is 16.9. The van der Waals surface area contributed by atoms with E-state index in [1.165, 1.54) is 0 Å². The number of hydrogen-bond acceptors (Lipinski definition) is 2. The molecular weight excluding hydrogens is 274 g/mol. The van der Waals surface area contributed by atoms with E-state index in [9.17, 15) is 4.79 Å². The lowest BCUT2D eigenvalue weighted by Crippen LogP contribution is -2.18. The van der Waals surface area contributed by atoms with Crippen LogP contribution in [0, 0.1) is 0 Å². The summed E-state index contributed by atoms with van der Waals surface area (Å²) < 4.78 is 5.06. The van der Waals surface area contributed by atoms with Gasteiger partial charge in [0.05, 0.1) is 0 Å². The lowest BCUT2D eigenvalue weighted by atomic mass is 10.2. The van der Waals surface area contributed by atoms with Crippen LogP contribution in [0.1, 0.15) is 11.1 Å². The molecule has 0 aromatic heterocycles. The number of hydrogen-bond donors (Lipinski definition) is 1. The number of alkyl carbamates (subject to hydrolysis) is 1. The number of rotatable bonds is 4. The zero-order chi connectivity index (χ0) is 14.2. The second kappa shape index (κ2) is 7.36. The number of nitrogens with one attached hydrogen (secondary N) is 1. The molecule has 0 unspecified atom stereocenters. The first kappa shape index (κ1) is 14.2. The van der Waals surface area contributed by atoms with Gasteiger partial charge in [0.25, 0.3) is 0 Å². The molecule has 3 nitrogen and oxygen atoms in total. The molecule has 1 amide bonds. The Labute approximate surface area is 122 Å². The molecule has 4 heteroatoms. The van der Waals surface area contributed by atoms with Gasteiger partial charge in [-0.3, -0.25) is 5.32 Å². The quantitative estimate of drug-likeness (QED) is 0.913. The molecule has 0 spiro atoms. The summed E-state index contributed by atoms with van der Waals surface area (Å²) in [7, 11) is 0. The minimum absolute atomic E-state index is 0.144. The number of benzene rings is 2. The standard InChI is InChI=1S/C16H14ClNO2/c17-15-9-5-4-8-14(15)12-20-16(19)18-11-10-13-6-2-1-3-7-13/h1-11H,12H2,(H,18,19). The Morgan fingerprint density at radius 3 is 2.55 bits per heavy atom. The van der Waals surface area contributed by atoms with Crippen molar-refractivity contribution in [2.24, 2.45) is 0 Å². The zero-order valence-electron chi connectivity index (χ0n) is 10.8. The molecule has 0 saturated heterocycles. The van der Waals surface area contributed by atoms with Crippen LogP contribution in [0.15, 0.2) is 60.8 Å². The third kappa shape index (κ3) is 4.44. The van der Waals surface area contributed by atoms with Gasteiger partial charge in [0.1, 0.15) is 6.61 Å². The Balaban J connectivity index is 1.79. The molecule has 0 aliphatic heterocycles. The molecule has 2 rings (SSSR count). The van der Waals surface area contributed by atoms with Crippen molar-refractivity contribution in [1.29, 1.82) is 0 Å². The highest BCUT2D eigenvalue weighted by atomic mass is 35.5. The SMILES string of the molecule is O=C(NC=Cc1ccccc1)OCc1ccccc1Cl. The topological polar surface area (TPSA) is 38.3 Å². The molecule has 0 heterocycles. The van der Waals surface area contributed by atoms with Crippen LogP contribution >= 0.6 is 11.6 Å². The van der Waals surface area contributed by atoms with E-state index < -0.39 is 6.09 Å². The Morgan fingerprint density at radius 2 is 1.80 bits per heavy atom. The minimum Gasteiger partial charge on any atom is -0.444 e. The number of halogens is 1. The number of amides is 1. The molecule has 0 aliphatic carbocycles. The predicted octanol–water partition coefficient (Wildman–Crippen LogP) is 4.24. The van der Waals surface area contributed by atoms with Gasteiger partial charge < -0.3 is 4.74 Å². The average Bonchev–Trinajstić information content (AvgIpc) is 2.47. The van der Waals surface area contributed by atoms with Gasteiger partial charge >= 0.3 is 6.09 Å². The molecule has 0 aliphatic rings. The molecular formula is C16H14ClNO2. The lowest BCUT2D eigenvalue weighted by Gasteiger charge is -2.05. The summed E-state index contributed by atoms with van der Waals surface area (Å²) in [6.45, 7) is 0.144. The predicted molar refractivity (Wildman–Crippen MR) is 80.2 cm³/mol. The summed E-state index contributed by atoms with van der Waals surface area (Å²) in [4.78, 5) is 11.5. The van der Waals surface area contributed by atoms with Crippen molar-refractivity contribution in [3.8, 4) is 0 Å². The van der Waals surface area contributed by atoms with Gasteiger partial charge in [-0.15, -0.1) is 0 Å². The molecule has 2 aromatic carbocycles. The van der Waals surface area contributed by atoms with Crippen molar-refractivity contribution in [2.45, 2.75) is 6.61 Å². The van der Waals surface area contributed by atoms with Crippen LogP contribution in [-0.4, -0.2) is 6.09 Å². The molecule has 2 aromatic rings. The third-order valence-electron chi connectivity index (χ3n) is 2.59. The van der Waals surface area contributed by atoms with E-state index in [1.807, 2.05) is 48.5 Å². The lowest BCUT2D eigenvalue weighted by molar-refractivity contribution is 0.143. The summed E-state index contributed by atoms with van der Waals surface area (Å²) in [5, 5.41) is 3.12. The van der Waals surface area contributed by atoms with Crippen molar-refractivity contribution in [3.63, 3.8) is 0 Å². The Bertz CT molecular complexity index is 596. The van der Waals surface area contributed by atoms with E-state index in [2.05, 4.69) is 5.32 Å². The largest absolute Gasteiger partial charge is 0.444 e. The van der Waals surface area contributed by atoms with Crippen LogP contribution in [0.4, 0.5) is 4.79 Å². The highest BCUT2D eigenvalue weighted by Crippen LogP contribution is 2.15. The third-order valence-corrected chi connectivity index (χ3v) is 2.96. The van der Waals surface area contributed by atoms with E-state index in [1.54, 1.807) is 18.3 Å². The van der Waals surface area contributed by atoms with Crippen LogP contribution in [0.2, 0.25) is 5.02 Å². The first-order valence-corrected chi connectivity index (χ1v) is 6.52. The first-order valence-electron chi connectivity index (χ1n) is 6.14. The minimum atomic E-state index is -0.517. The highest BCUT2D eigenvalue weighted by Gasteiger charge is 2.03. The van der Waals surface area contributed by atoms with Gasteiger partial charge in [0, 0.05) is 16.8 Å². The van der Waals surface area contributed by atoms with Crippen LogP contribution in [-0.2, 0) is 11.3 Å². The monoisotopic (exact) mass is 287 g/mol. The number of ether oxygens (including phenoxy) is 1. The van der Waals surface area contributed by atoms with E-state index >= 15 is 0 Å². The molecule has 0 radical (unpaired) electrons. The van der Waals surface area contributed by atoms with Gasteiger partial charge in [-0.1, -0.05) is 60.1 Å². The molecule has 1 N–H and O–H groups in total. The maximum Gasteiger partial charge on any atom is 0.411 e. The molecule has 0 atom stereocenters. The summed E-state index contributed by atoms with van der Waals surface area (Å²) in [5.41, 5.74) is 1.77. The number of carbonyl (C=O) groups is 1. The maximum atomic E-state index is 11.5. The van der Waals surface area contributed by atoms with Crippen molar-refractivity contribution >= 4 is 23.8 Å². The van der Waals surface area contributed by atoms with E-state index in [0.29, 0.717) is 5.02 Å². The van der Waals surface area contributed by atoms with Crippen molar-refractivity contribution in [2.75, 3.05) is 0 Å². The normalized spacial score (nSPS) is 10.4. The highest BCUT2D eigenvalue weighted by molar-refractivity contribution is 6.31. The van der Waals surface area contributed by atoms with Crippen molar-refractivity contribution in [1.82, 2.24) is 5.32 Å². The molecule has 0 fully saturated rings. The summed E-state index contributed by atoms with van der Waals surface area (Å²) >= 11 is 5.97. The van der Waals surface area contributed by atoms with E-state index in [0.717, 1.165) is 11.1 Å². The fraction of sp³-hybridized carbons (Fsp3) is 0.0625. The van der Waals surface area contributed by atoms with Crippen molar-refractivity contribution in [3.05, 3.63) is 76.9 Å². The Hall–Kier alpha value is -2.26.